The predicted octanol–water partition coefficient (Wildman–Crippen LogP) is 2.57. The van der Waals surface area contributed by atoms with Crippen molar-refractivity contribution in [2.24, 2.45) is 0 Å². The molecule has 2 nitrogen and oxygen atoms in total. The Morgan fingerprint density at radius 3 is 2.73 bits per heavy atom. The van der Waals surface area contributed by atoms with Crippen molar-refractivity contribution >= 4 is 11.6 Å². The maximum absolute atomic E-state index is 5.87. The monoisotopic (exact) mass is 170 g/mol. The standard InChI is InChI=1S/C8H11ClN2/c1-6-8(9)5-10-11(6)7-3-2-4-7/h5,7H,2-4H2,1H3. The van der Waals surface area contributed by atoms with Gasteiger partial charge in [0.2, 0.25) is 0 Å². The summed E-state index contributed by atoms with van der Waals surface area (Å²) in [5, 5.41) is 5.01. The number of nitrogens with zero attached hydrogens (tertiary/aromatic N) is 2. The largest absolute Gasteiger partial charge is 0.265 e. The van der Waals surface area contributed by atoms with Gasteiger partial charge in [0.25, 0.3) is 0 Å². The predicted molar refractivity (Wildman–Crippen MR) is 44.9 cm³/mol. The molecule has 0 aromatic carbocycles. The average Bonchev–Trinajstić information content (AvgIpc) is 2.15. The van der Waals surface area contributed by atoms with Crippen LogP contribution in [-0.4, -0.2) is 9.78 Å². The van der Waals surface area contributed by atoms with Crippen molar-refractivity contribution in [1.29, 1.82) is 0 Å². The molecule has 0 saturated heterocycles. The maximum atomic E-state index is 5.87. The highest BCUT2D eigenvalue weighted by atomic mass is 35.5. The van der Waals surface area contributed by atoms with Crippen LogP contribution >= 0.6 is 11.6 Å². The van der Waals surface area contributed by atoms with Gasteiger partial charge in [0, 0.05) is 0 Å². The maximum Gasteiger partial charge on any atom is 0.0815 e. The smallest absolute Gasteiger partial charge is 0.0815 e. The summed E-state index contributed by atoms with van der Waals surface area (Å²) in [5.74, 6) is 0. The van der Waals surface area contributed by atoms with Crippen LogP contribution in [0.2, 0.25) is 5.02 Å². The van der Waals surface area contributed by atoms with E-state index >= 15 is 0 Å². The van der Waals surface area contributed by atoms with E-state index in [4.69, 9.17) is 11.6 Å². The summed E-state index contributed by atoms with van der Waals surface area (Å²) in [6.07, 6.45) is 5.59. The summed E-state index contributed by atoms with van der Waals surface area (Å²) in [5.41, 5.74) is 1.11. The fourth-order valence-electron chi connectivity index (χ4n) is 1.40. The van der Waals surface area contributed by atoms with Crippen LogP contribution in [0.15, 0.2) is 6.20 Å². The molecule has 2 rings (SSSR count). The zero-order valence-corrected chi connectivity index (χ0v) is 7.30. The summed E-state index contributed by atoms with van der Waals surface area (Å²) < 4.78 is 2.05. The molecule has 1 fully saturated rings. The van der Waals surface area contributed by atoms with Gasteiger partial charge in [-0.1, -0.05) is 11.6 Å². The van der Waals surface area contributed by atoms with Crippen LogP contribution in [0, 0.1) is 6.92 Å². The van der Waals surface area contributed by atoms with E-state index in [9.17, 15) is 0 Å². The summed E-state index contributed by atoms with van der Waals surface area (Å²) >= 11 is 5.87. The van der Waals surface area contributed by atoms with Crippen LogP contribution in [0.25, 0.3) is 0 Å². The van der Waals surface area contributed by atoms with Crippen molar-refractivity contribution in [2.75, 3.05) is 0 Å². The average molecular weight is 171 g/mol. The fraction of sp³-hybridized carbons (Fsp3) is 0.625. The van der Waals surface area contributed by atoms with Gasteiger partial charge in [0.15, 0.2) is 0 Å². The third kappa shape index (κ3) is 1.06. The van der Waals surface area contributed by atoms with Crippen LogP contribution in [0.5, 0.6) is 0 Å². The van der Waals surface area contributed by atoms with Crippen molar-refractivity contribution in [2.45, 2.75) is 32.2 Å². The van der Waals surface area contributed by atoms with E-state index in [0.29, 0.717) is 6.04 Å². The van der Waals surface area contributed by atoms with Gasteiger partial charge in [-0.2, -0.15) is 5.10 Å². The quantitative estimate of drug-likeness (QED) is 0.634. The molecule has 0 radical (unpaired) electrons. The van der Waals surface area contributed by atoms with Crippen LogP contribution in [0.1, 0.15) is 31.0 Å². The van der Waals surface area contributed by atoms with Crippen molar-refractivity contribution in [1.82, 2.24) is 9.78 Å². The van der Waals surface area contributed by atoms with Gasteiger partial charge in [-0.05, 0) is 26.2 Å². The SMILES string of the molecule is Cc1c(Cl)cnn1C1CCC1. The molecule has 1 saturated carbocycles. The van der Waals surface area contributed by atoms with E-state index in [1.807, 2.05) is 11.6 Å². The molecule has 1 aliphatic carbocycles. The number of halogens is 1. The molecule has 0 spiro atoms. The van der Waals surface area contributed by atoms with Gasteiger partial charge in [0.05, 0.1) is 23.0 Å². The molecular formula is C8H11ClN2. The lowest BCUT2D eigenvalue weighted by molar-refractivity contribution is 0.285. The number of aromatic nitrogens is 2. The molecule has 0 aliphatic heterocycles. The Kier molecular flexibility index (Phi) is 1.64. The van der Waals surface area contributed by atoms with Gasteiger partial charge in [-0.15, -0.1) is 0 Å². The molecule has 0 unspecified atom stereocenters. The second-order valence-corrected chi connectivity index (χ2v) is 3.51. The van der Waals surface area contributed by atoms with E-state index in [-0.39, 0.29) is 0 Å². The van der Waals surface area contributed by atoms with E-state index in [0.717, 1.165) is 10.7 Å². The highest BCUT2D eigenvalue weighted by Crippen LogP contribution is 2.33. The van der Waals surface area contributed by atoms with Gasteiger partial charge in [0.1, 0.15) is 0 Å². The minimum atomic E-state index is 0.627. The first-order chi connectivity index (χ1) is 5.29. The fourth-order valence-corrected chi connectivity index (χ4v) is 1.53. The number of hydrogen-bond acceptors (Lipinski definition) is 1. The third-order valence-electron chi connectivity index (χ3n) is 2.41. The third-order valence-corrected chi connectivity index (χ3v) is 2.78. The van der Waals surface area contributed by atoms with Crippen LogP contribution in [0.3, 0.4) is 0 Å². The molecule has 1 aromatic heterocycles. The summed E-state index contributed by atoms with van der Waals surface area (Å²) in [7, 11) is 0. The first-order valence-corrected chi connectivity index (χ1v) is 4.36. The zero-order valence-electron chi connectivity index (χ0n) is 6.55. The Labute approximate surface area is 71.2 Å². The Hall–Kier alpha value is -0.500. The highest BCUT2D eigenvalue weighted by Gasteiger charge is 2.21. The molecule has 0 atom stereocenters. The van der Waals surface area contributed by atoms with Crippen molar-refractivity contribution in [3.63, 3.8) is 0 Å². The van der Waals surface area contributed by atoms with Crippen LogP contribution in [-0.2, 0) is 0 Å². The minimum absolute atomic E-state index is 0.627. The normalized spacial score (nSPS) is 18.4. The van der Waals surface area contributed by atoms with Crippen molar-refractivity contribution < 1.29 is 0 Å². The lowest BCUT2D eigenvalue weighted by Gasteiger charge is -2.26. The molecule has 0 bridgehead atoms. The lowest BCUT2D eigenvalue weighted by Crippen LogP contribution is -2.19. The summed E-state index contributed by atoms with van der Waals surface area (Å²) in [6, 6.07) is 0.627. The molecule has 3 heteroatoms. The Bertz CT molecular complexity index is 263. The molecule has 1 aromatic rings. The molecular weight excluding hydrogens is 160 g/mol. The Balaban J connectivity index is 2.29. The Morgan fingerprint density at radius 2 is 2.36 bits per heavy atom. The topological polar surface area (TPSA) is 17.8 Å². The van der Waals surface area contributed by atoms with Gasteiger partial charge in [-0.25, -0.2) is 0 Å². The molecule has 0 N–H and O–H groups in total. The lowest BCUT2D eigenvalue weighted by atomic mass is 9.93. The van der Waals surface area contributed by atoms with E-state index in [1.54, 1.807) is 6.20 Å². The molecule has 1 aliphatic rings. The van der Waals surface area contributed by atoms with E-state index < -0.39 is 0 Å². The van der Waals surface area contributed by atoms with Gasteiger partial charge in [-0.3, -0.25) is 4.68 Å². The van der Waals surface area contributed by atoms with E-state index in [2.05, 4.69) is 5.10 Å². The van der Waals surface area contributed by atoms with Crippen LogP contribution in [0.4, 0.5) is 0 Å². The second kappa shape index (κ2) is 2.52. The first-order valence-electron chi connectivity index (χ1n) is 3.98. The molecule has 60 valence electrons. The molecule has 0 amide bonds. The molecule has 1 heterocycles. The van der Waals surface area contributed by atoms with E-state index in [1.165, 1.54) is 19.3 Å². The number of hydrogen-bond donors (Lipinski definition) is 0. The van der Waals surface area contributed by atoms with Crippen LogP contribution < -0.4 is 0 Å². The van der Waals surface area contributed by atoms with Gasteiger partial charge < -0.3 is 0 Å². The zero-order chi connectivity index (χ0) is 7.84. The van der Waals surface area contributed by atoms with Crippen molar-refractivity contribution in [3.8, 4) is 0 Å². The van der Waals surface area contributed by atoms with Crippen molar-refractivity contribution in [3.05, 3.63) is 16.9 Å². The Morgan fingerprint density at radius 1 is 1.64 bits per heavy atom. The number of rotatable bonds is 1. The molecule has 11 heavy (non-hydrogen) atoms. The minimum Gasteiger partial charge on any atom is -0.265 e. The summed E-state index contributed by atoms with van der Waals surface area (Å²) in [6.45, 7) is 2.02. The first kappa shape index (κ1) is 7.17. The highest BCUT2D eigenvalue weighted by molar-refractivity contribution is 6.31. The van der Waals surface area contributed by atoms with Gasteiger partial charge >= 0.3 is 0 Å². The summed E-state index contributed by atoms with van der Waals surface area (Å²) in [4.78, 5) is 0. The second-order valence-electron chi connectivity index (χ2n) is 3.11.